The second-order valence-corrected chi connectivity index (χ2v) is 7.22. The molecule has 1 unspecified atom stereocenters. The standard InChI is InChI=1S/C24H28N2O3/c1-5-20(27)21-22(17-10-14-18(15-11-17)25(6-2)7-3)26(24(29)23(21)28)19-12-8-16(4)9-13-19/h8-15,22,28H,5-7H2,1-4H3. The van der Waals surface area contributed by atoms with Gasteiger partial charge in [-0.25, -0.2) is 0 Å². The van der Waals surface area contributed by atoms with E-state index in [1.807, 2.05) is 55.5 Å². The highest BCUT2D eigenvalue weighted by Gasteiger charge is 2.43. The first-order valence-electron chi connectivity index (χ1n) is 10.1. The van der Waals surface area contributed by atoms with Crippen molar-refractivity contribution in [1.29, 1.82) is 0 Å². The SMILES string of the molecule is CCC(=O)C1=C(O)C(=O)N(c2ccc(C)cc2)C1c1ccc(N(CC)CC)cc1. The summed E-state index contributed by atoms with van der Waals surface area (Å²) in [6.45, 7) is 9.71. The molecular weight excluding hydrogens is 364 g/mol. The van der Waals surface area contributed by atoms with E-state index in [2.05, 4.69) is 18.7 Å². The van der Waals surface area contributed by atoms with Crippen LogP contribution in [-0.4, -0.2) is 29.9 Å². The molecule has 5 nitrogen and oxygen atoms in total. The molecule has 2 aromatic carbocycles. The number of carbonyl (C=O) groups is 2. The van der Waals surface area contributed by atoms with Crippen LogP contribution in [0.2, 0.25) is 0 Å². The van der Waals surface area contributed by atoms with Crippen LogP contribution in [0.15, 0.2) is 59.9 Å². The van der Waals surface area contributed by atoms with Gasteiger partial charge in [0.15, 0.2) is 11.5 Å². The highest BCUT2D eigenvalue weighted by atomic mass is 16.3. The molecule has 2 aromatic rings. The second-order valence-electron chi connectivity index (χ2n) is 7.22. The zero-order valence-corrected chi connectivity index (χ0v) is 17.5. The summed E-state index contributed by atoms with van der Waals surface area (Å²) in [5.41, 5.74) is 3.79. The van der Waals surface area contributed by atoms with E-state index in [0.29, 0.717) is 5.69 Å². The third-order valence-electron chi connectivity index (χ3n) is 5.48. The number of amides is 1. The quantitative estimate of drug-likeness (QED) is 0.741. The number of hydrogen-bond donors (Lipinski definition) is 1. The van der Waals surface area contributed by atoms with Crippen molar-refractivity contribution in [2.75, 3.05) is 22.9 Å². The normalized spacial score (nSPS) is 16.5. The predicted octanol–water partition coefficient (Wildman–Crippen LogP) is 4.72. The Balaban J connectivity index is 2.09. The van der Waals surface area contributed by atoms with Gasteiger partial charge in [0.1, 0.15) is 0 Å². The molecule has 1 aliphatic rings. The number of ketones is 1. The van der Waals surface area contributed by atoms with E-state index in [9.17, 15) is 14.7 Å². The van der Waals surface area contributed by atoms with Gasteiger partial charge >= 0.3 is 0 Å². The largest absolute Gasteiger partial charge is 0.503 e. The Hall–Kier alpha value is -3.08. The number of hydrogen-bond acceptors (Lipinski definition) is 4. The summed E-state index contributed by atoms with van der Waals surface area (Å²) in [5.74, 6) is -1.21. The van der Waals surface area contributed by atoms with Crippen LogP contribution in [0.1, 0.15) is 44.4 Å². The highest BCUT2D eigenvalue weighted by Crippen LogP contribution is 2.41. The maximum absolute atomic E-state index is 12.9. The Kier molecular flexibility index (Phi) is 6.06. The monoisotopic (exact) mass is 392 g/mol. The summed E-state index contributed by atoms with van der Waals surface area (Å²) in [7, 11) is 0. The smallest absolute Gasteiger partial charge is 0.294 e. The molecule has 0 saturated carbocycles. The van der Waals surface area contributed by atoms with Crippen LogP contribution in [0.4, 0.5) is 11.4 Å². The highest BCUT2D eigenvalue weighted by molar-refractivity contribution is 6.16. The van der Waals surface area contributed by atoms with Crippen molar-refractivity contribution < 1.29 is 14.7 Å². The molecule has 29 heavy (non-hydrogen) atoms. The molecule has 1 amide bonds. The third kappa shape index (κ3) is 3.77. The molecule has 0 aliphatic carbocycles. The number of anilines is 2. The first-order chi connectivity index (χ1) is 13.9. The van der Waals surface area contributed by atoms with Crippen molar-refractivity contribution in [2.45, 2.75) is 40.2 Å². The average molecular weight is 392 g/mol. The van der Waals surface area contributed by atoms with Crippen molar-refractivity contribution in [2.24, 2.45) is 0 Å². The van der Waals surface area contributed by atoms with Crippen molar-refractivity contribution in [3.8, 4) is 0 Å². The van der Waals surface area contributed by atoms with Gasteiger partial charge < -0.3 is 10.0 Å². The molecule has 0 saturated heterocycles. The van der Waals surface area contributed by atoms with Crippen LogP contribution in [0.3, 0.4) is 0 Å². The Bertz CT molecular complexity index is 926. The summed E-state index contributed by atoms with van der Waals surface area (Å²) in [4.78, 5) is 29.3. The molecule has 1 heterocycles. The lowest BCUT2D eigenvalue weighted by atomic mass is 9.94. The van der Waals surface area contributed by atoms with Gasteiger partial charge in [-0.2, -0.15) is 0 Å². The van der Waals surface area contributed by atoms with Crippen LogP contribution in [0, 0.1) is 6.92 Å². The number of aliphatic hydroxyl groups excluding tert-OH is 1. The van der Waals surface area contributed by atoms with Gasteiger partial charge in [-0.15, -0.1) is 0 Å². The van der Waals surface area contributed by atoms with Crippen LogP contribution in [0.5, 0.6) is 0 Å². The topological polar surface area (TPSA) is 60.9 Å². The first kappa shape index (κ1) is 20.6. The van der Waals surface area contributed by atoms with Crippen LogP contribution in [0.25, 0.3) is 0 Å². The van der Waals surface area contributed by atoms with Gasteiger partial charge in [-0.3, -0.25) is 14.5 Å². The minimum atomic E-state index is -0.636. The molecule has 1 N–H and O–H groups in total. The maximum Gasteiger partial charge on any atom is 0.294 e. The van der Waals surface area contributed by atoms with Gasteiger partial charge in [0.2, 0.25) is 0 Å². The first-order valence-corrected chi connectivity index (χ1v) is 10.1. The number of rotatable bonds is 7. The molecule has 0 radical (unpaired) electrons. The molecule has 0 aromatic heterocycles. The van der Waals surface area contributed by atoms with Gasteiger partial charge in [0.25, 0.3) is 5.91 Å². The van der Waals surface area contributed by atoms with Gasteiger partial charge in [0.05, 0.1) is 11.6 Å². The minimum Gasteiger partial charge on any atom is -0.503 e. The van der Waals surface area contributed by atoms with Crippen LogP contribution >= 0.6 is 0 Å². The molecular formula is C24H28N2O3. The Morgan fingerprint density at radius 2 is 1.59 bits per heavy atom. The van der Waals surface area contributed by atoms with E-state index in [0.717, 1.165) is 29.9 Å². The minimum absolute atomic E-state index is 0.175. The number of carbonyl (C=O) groups excluding carboxylic acids is 2. The lowest BCUT2D eigenvalue weighted by molar-refractivity contribution is -0.118. The summed E-state index contributed by atoms with van der Waals surface area (Å²) in [5, 5.41) is 10.6. The number of aliphatic hydroxyl groups is 1. The fraction of sp³-hybridized carbons (Fsp3) is 0.333. The molecule has 3 rings (SSSR count). The van der Waals surface area contributed by atoms with Crippen LogP contribution in [-0.2, 0) is 9.59 Å². The molecule has 1 atom stereocenters. The van der Waals surface area contributed by atoms with E-state index in [-0.39, 0.29) is 17.8 Å². The molecule has 0 spiro atoms. The summed E-state index contributed by atoms with van der Waals surface area (Å²) in [6.07, 6.45) is 0.225. The number of nitrogens with zero attached hydrogens (tertiary/aromatic N) is 2. The van der Waals surface area contributed by atoms with Crippen molar-refractivity contribution in [1.82, 2.24) is 0 Å². The number of benzene rings is 2. The fourth-order valence-electron chi connectivity index (χ4n) is 3.82. The van der Waals surface area contributed by atoms with E-state index >= 15 is 0 Å². The van der Waals surface area contributed by atoms with E-state index in [1.165, 1.54) is 4.90 Å². The predicted molar refractivity (Wildman–Crippen MR) is 116 cm³/mol. The molecule has 0 bridgehead atoms. The van der Waals surface area contributed by atoms with Gasteiger partial charge in [0, 0.05) is 30.9 Å². The lowest BCUT2D eigenvalue weighted by Crippen LogP contribution is -2.31. The Labute approximate surface area is 172 Å². The van der Waals surface area contributed by atoms with Crippen molar-refractivity contribution in [3.63, 3.8) is 0 Å². The molecule has 1 aliphatic heterocycles. The van der Waals surface area contributed by atoms with Crippen LogP contribution < -0.4 is 9.80 Å². The molecule has 152 valence electrons. The third-order valence-corrected chi connectivity index (χ3v) is 5.48. The van der Waals surface area contributed by atoms with E-state index < -0.39 is 17.7 Å². The van der Waals surface area contributed by atoms with E-state index in [1.54, 1.807) is 6.92 Å². The number of aryl methyl sites for hydroxylation is 1. The number of Topliss-reactive ketones (excluding diaryl/α,β-unsaturated/α-hetero) is 1. The molecule has 5 heteroatoms. The summed E-state index contributed by atoms with van der Waals surface area (Å²) in [6, 6.07) is 14.8. The van der Waals surface area contributed by atoms with Crippen molar-refractivity contribution in [3.05, 3.63) is 71.0 Å². The zero-order valence-electron chi connectivity index (χ0n) is 17.5. The molecule has 0 fully saturated rings. The average Bonchev–Trinajstić information content (AvgIpc) is 3.00. The fourth-order valence-corrected chi connectivity index (χ4v) is 3.82. The Morgan fingerprint density at radius 1 is 1.00 bits per heavy atom. The lowest BCUT2D eigenvalue weighted by Gasteiger charge is -2.28. The second kappa shape index (κ2) is 8.52. The Morgan fingerprint density at radius 3 is 2.10 bits per heavy atom. The van der Waals surface area contributed by atoms with E-state index in [4.69, 9.17) is 0 Å². The van der Waals surface area contributed by atoms with Crippen molar-refractivity contribution >= 4 is 23.1 Å². The summed E-state index contributed by atoms with van der Waals surface area (Å²) >= 11 is 0. The maximum atomic E-state index is 12.9. The summed E-state index contributed by atoms with van der Waals surface area (Å²) < 4.78 is 0. The zero-order chi connectivity index (χ0) is 21.1. The van der Waals surface area contributed by atoms with Gasteiger partial charge in [-0.1, -0.05) is 36.8 Å². The van der Waals surface area contributed by atoms with Gasteiger partial charge in [-0.05, 0) is 50.6 Å².